The Morgan fingerprint density at radius 2 is 1.83 bits per heavy atom. The van der Waals surface area contributed by atoms with Gasteiger partial charge in [0.05, 0.1) is 6.61 Å². The van der Waals surface area contributed by atoms with Crippen molar-refractivity contribution in [3.05, 3.63) is 77.9 Å². The molecule has 4 rings (SSSR count). The van der Waals surface area contributed by atoms with Crippen molar-refractivity contribution in [3.8, 4) is 5.75 Å². The Hall–Kier alpha value is -2.59. The number of hydrogen-bond acceptors (Lipinski definition) is 3. The molecule has 1 amide bonds. The van der Waals surface area contributed by atoms with Crippen molar-refractivity contribution in [2.45, 2.75) is 52.2 Å². The maximum atomic E-state index is 11.4. The van der Waals surface area contributed by atoms with Crippen molar-refractivity contribution in [1.82, 2.24) is 10.2 Å². The van der Waals surface area contributed by atoms with Crippen molar-refractivity contribution >= 4 is 5.91 Å². The summed E-state index contributed by atoms with van der Waals surface area (Å²) in [6.45, 7) is 12.4. The molecule has 1 aliphatic carbocycles. The summed E-state index contributed by atoms with van der Waals surface area (Å²) in [4.78, 5) is 13.9. The monoisotopic (exact) mass is 406 g/mol. The predicted octanol–water partition coefficient (Wildman–Crippen LogP) is 4.86. The maximum Gasteiger partial charge on any atom is 0.219 e. The number of rotatable bonds is 8. The molecular formula is C26H34N2O2. The molecule has 160 valence electrons. The zero-order chi connectivity index (χ0) is 21.3. The average Bonchev–Trinajstić information content (AvgIpc) is 3.63. The van der Waals surface area contributed by atoms with Crippen LogP contribution >= 0.6 is 0 Å². The first kappa shape index (κ1) is 22.1. The minimum Gasteiger partial charge on any atom is -0.493 e. The Morgan fingerprint density at radius 3 is 2.53 bits per heavy atom. The summed E-state index contributed by atoms with van der Waals surface area (Å²) >= 11 is 0. The van der Waals surface area contributed by atoms with Crippen molar-refractivity contribution < 1.29 is 9.53 Å². The standard InChI is InChI=1S/C24H30N2O2.C2H4/c1-2-24(27)25-14-18-3-5-19(6-4-18)15-26-12-11-21-13-23(10-9-22(21)16-26)28-17-20-7-8-20;1-2/h3-6,9-10,13,20H,2,7-8,11-12,14-17H2,1H3,(H,25,27);1-2H2. The molecule has 0 aromatic heterocycles. The van der Waals surface area contributed by atoms with Crippen LogP contribution in [0.4, 0.5) is 0 Å². The second-order valence-electron chi connectivity index (χ2n) is 8.09. The van der Waals surface area contributed by atoms with Gasteiger partial charge >= 0.3 is 0 Å². The molecule has 0 unspecified atom stereocenters. The van der Waals surface area contributed by atoms with Gasteiger partial charge in [-0.2, -0.15) is 0 Å². The van der Waals surface area contributed by atoms with E-state index in [4.69, 9.17) is 4.74 Å². The lowest BCUT2D eigenvalue weighted by Crippen LogP contribution is -2.30. The zero-order valence-corrected chi connectivity index (χ0v) is 18.2. The van der Waals surface area contributed by atoms with Crippen LogP contribution in [0.2, 0.25) is 0 Å². The largest absolute Gasteiger partial charge is 0.493 e. The maximum absolute atomic E-state index is 11.4. The fourth-order valence-corrected chi connectivity index (χ4v) is 3.66. The fourth-order valence-electron chi connectivity index (χ4n) is 3.66. The summed E-state index contributed by atoms with van der Waals surface area (Å²) in [5.41, 5.74) is 5.32. The Kier molecular flexibility index (Phi) is 8.09. The highest BCUT2D eigenvalue weighted by Crippen LogP contribution is 2.30. The summed E-state index contributed by atoms with van der Waals surface area (Å²) in [5.74, 6) is 1.92. The van der Waals surface area contributed by atoms with E-state index in [2.05, 4.69) is 65.8 Å². The summed E-state index contributed by atoms with van der Waals surface area (Å²) < 4.78 is 5.93. The lowest BCUT2D eigenvalue weighted by atomic mass is 9.99. The van der Waals surface area contributed by atoms with E-state index in [0.717, 1.165) is 49.9 Å². The van der Waals surface area contributed by atoms with Gasteiger partial charge in [-0.1, -0.05) is 37.3 Å². The normalized spacial score (nSPS) is 15.5. The van der Waals surface area contributed by atoms with Gasteiger partial charge in [-0.3, -0.25) is 9.69 Å². The second kappa shape index (κ2) is 11.0. The molecule has 1 saturated carbocycles. The van der Waals surface area contributed by atoms with Crippen LogP contribution in [-0.4, -0.2) is 24.0 Å². The van der Waals surface area contributed by atoms with Gasteiger partial charge in [-0.05, 0) is 59.6 Å². The highest BCUT2D eigenvalue weighted by atomic mass is 16.5. The van der Waals surface area contributed by atoms with Gasteiger partial charge in [0.2, 0.25) is 5.91 Å². The molecule has 2 aliphatic rings. The van der Waals surface area contributed by atoms with Gasteiger partial charge in [0.25, 0.3) is 0 Å². The van der Waals surface area contributed by atoms with E-state index < -0.39 is 0 Å². The molecule has 0 bridgehead atoms. The lowest BCUT2D eigenvalue weighted by molar-refractivity contribution is -0.120. The number of hydrogen-bond donors (Lipinski definition) is 1. The third kappa shape index (κ3) is 6.46. The third-order valence-corrected chi connectivity index (χ3v) is 5.69. The van der Waals surface area contributed by atoms with Crippen LogP contribution in [0, 0.1) is 5.92 Å². The van der Waals surface area contributed by atoms with Crippen molar-refractivity contribution in [2.24, 2.45) is 5.92 Å². The molecule has 2 aromatic carbocycles. The highest BCUT2D eigenvalue weighted by molar-refractivity contribution is 5.75. The van der Waals surface area contributed by atoms with Gasteiger partial charge in [0.15, 0.2) is 0 Å². The first-order valence-electron chi connectivity index (χ1n) is 11.0. The molecule has 4 nitrogen and oxygen atoms in total. The summed E-state index contributed by atoms with van der Waals surface area (Å²) in [6.07, 6.45) is 4.27. The van der Waals surface area contributed by atoms with E-state index in [1.54, 1.807) is 0 Å². The van der Waals surface area contributed by atoms with Gasteiger partial charge in [0.1, 0.15) is 5.75 Å². The molecule has 0 spiro atoms. The Bertz CT molecular complexity index is 827. The van der Waals surface area contributed by atoms with E-state index in [0.29, 0.717) is 13.0 Å². The van der Waals surface area contributed by atoms with E-state index in [-0.39, 0.29) is 5.91 Å². The third-order valence-electron chi connectivity index (χ3n) is 5.69. The first-order chi connectivity index (χ1) is 14.7. The van der Waals surface area contributed by atoms with Gasteiger partial charge in [-0.25, -0.2) is 0 Å². The molecular weight excluding hydrogens is 372 g/mol. The van der Waals surface area contributed by atoms with Crippen LogP contribution in [0.15, 0.2) is 55.6 Å². The summed E-state index contributed by atoms with van der Waals surface area (Å²) in [7, 11) is 0. The molecule has 1 heterocycles. The zero-order valence-electron chi connectivity index (χ0n) is 18.2. The molecule has 0 atom stereocenters. The fraction of sp³-hybridized carbons (Fsp3) is 0.423. The molecule has 4 heteroatoms. The molecule has 0 saturated heterocycles. The number of carbonyl (C=O) groups is 1. The van der Waals surface area contributed by atoms with E-state index in [1.165, 1.54) is 29.5 Å². The summed E-state index contributed by atoms with van der Waals surface area (Å²) in [6, 6.07) is 15.2. The number of carbonyl (C=O) groups excluding carboxylic acids is 1. The van der Waals surface area contributed by atoms with Crippen molar-refractivity contribution in [2.75, 3.05) is 13.2 Å². The number of ether oxygens (including phenoxy) is 1. The minimum absolute atomic E-state index is 0.0946. The smallest absolute Gasteiger partial charge is 0.219 e. The van der Waals surface area contributed by atoms with Gasteiger partial charge < -0.3 is 10.1 Å². The Balaban J connectivity index is 0.00000124. The Labute approximate surface area is 180 Å². The molecule has 0 radical (unpaired) electrons. The number of fused-ring (bicyclic) bond motifs is 1. The quantitative estimate of drug-likeness (QED) is 0.637. The van der Waals surface area contributed by atoms with E-state index in [1.807, 2.05) is 6.92 Å². The molecule has 1 fully saturated rings. The number of nitrogens with zero attached hydrogens (tertiary/aromatic N) is 1. The number of nitrogens with one attached hydrogen (secondary N) is 1. The van der Waals surface area contributed by atoms with Crippen LogP contribution in [0.5, 0.6) is 5.75 Å². The molecule has 2 aromatic rings. The van der Waals surface area contributed by atoms with Crippen LogP contribution in [0.3, 0.4) is 0 Å². The first-order valence-corrected chi connectivity index (χ1v) is 11.0. The van der Waals surface area contributed by atoms with Crippen LogP contribution in [-0.2, 0) is 30.8 Å². The number of benzene rings is 2. The Morgan fingerprint density at radius 1 is 1.10 bits per heavy atom. The predicted molar refractivity (Wildman–Crippen MR) is 122 cm³/mol. The van der Waals surface area contributed by atoms with Crippen LogP contribution in [0.1, 0.15) is 48.4 Å². The van der Waals surface area contributed by atoms with Crippen molar-refractivity contribution in [1.29, 1.82) is 0 Å². The average molecular weight is 407 g/mol. The minimum atomic E-state index is 0.0946. The highest BCUT2D eigenvalue weighted by Gasteiger charge is 2.22. The number of amides is 1. The van der Waals surface area contributed by atoms with Crippen LogP contribution in [0.25, 0.3) is 0 Å². The second-order valence-corrected chi connectivity index (χ2v) is 8.09. The van der Waals surface area contributed by atoms with E-state index >= 15 is 0 Å². The summed E-state index contributed by atoms with van der Waals surface area (Å²) in [5, 5.41) is 2.92. The van der Waals surface area contributed by atoms with E-state index in [9.17, 15) is 4.79 Å². The SMILES string of the molecule is C=C.CCC(=O)NCc1ccc(CN2CCc3cc(OCC4CC4)ccc3C2)cc1. The molecule has 1 N–H and O–H groups in total. The topological polar surface area (TPSA) is 41.6 Å². The lowest BCUT2D eigenvalue weighted by Gasteiger charge is -2.29. The van der Waals surface area contributed by atoms with Gasteiger partial charge in [-0.15, -0.1) is 13.2 Å². The van der Waals surface area contributed by atoms with Crippen LogP contribution < -0.4 is 10.1 Å². The van der Waals surface area contributed by atoms with Gasteiger partial charge in [0, 0.05) is 32.6 Å². The van der Waals surface area contributed by atoms with Crippen molar-refractivity contribution in [3.63, 3.8) is 0 Å². The molecule has 30 heavy (non-hydrogen) atoms. The molecule has 1 aliphatic heterocycles.